The summed E-state index contributed by atoms with van der Waals surface area (Å²) in [5.74, 6) is -0.131. The lowest BCUT2D eigenvalue weighted by atomic mass is 9.77. The van der Waals surface area contributed by atoms with Crippen molar-refractivity contribution in [3.05, 3.63) is 29.8 Å². The van der Waals surface area contributed by atoms with E-state index in [1.807, 2.05) is 0 Å². The maximum Gasteiger partial charge on any atom is 0.244 e. The lowest BCUT2D eigenvalue weighted by molar-refractivity contribution is -0.123. The second kappa shape index (κ2) is 4.23. The number of benzene rings is 1. The van der Waals surface area contributed by atoms with Crippen molar-refractivity contribution < 1.29 is 9.90 Å². The number of hydrogen-bond acceptors (Lipinski definition) is 3. The summed E-state index contributed by atoms with van der Waals surface area (Å²) in [4.78, 5) is 11.8. The van der Waals surface area contributed by atoms with E-state index in [0.29, 0.717) is 5.69 Å². The van der Waals surface area contributed by atoms with E-state index < -0.39 is 5.54 Å². The average Bonchev–Trinajstić information content (AvgIpc) is 2.26. The number of hydrogen-bond donors (Lipinski definition) is 3. The highest BCUT2D eigenvalue weighted by Gasteiger charge is 2.40. The molecular formula is C12H16N2O2. The van der Waals surface area contributed by atoms with Crippen molar-refractivity contribution in [2.24, 2.45) is 5.73 Å². The normalized spacial score (nSPS) is 17.6. The predicted molar refractivity (Wildman–Crippen MR) is 61.8 cm³/mol. The minimum atomic E-state index is -0.685. The molecule has 16 heavy (non-hydrogen) atoms. The van der Waals surface area contributed by atoms with Crippen LogP contribution >= 0.6 is 0 Å². The zero-order valence-corrected chi connectivity index (χ0v) is 9.07. The minimum Gasteiger partial charge on any atom is -0.392 e. The van der Waals surface area contributed by atoms with E-state index in [0.717, 1.165) is 24.8 Å². The van der Waals surface area contributed by atoms with E-state index >= 15 is 0 Å². The van der Waals surface area contributed by atoms with Gasteiger partial charge in [0.15, 0.2) is 0 Å². The second-order valence-electron chi connectivity index (χ2n) is 4.32. The molecule has 1 aromatic carbocycles. The monoisotopic (exact) mass is 220 g/mol. The van der Waals surface area contributed by atoms with E-state index in [2.05, 4.69) is 5.32 Å². The fourth-order valence-electron chi connectivity index (χ4n) is 1.79. The Morgan fingerprint density at radius 3 is 2.81 bits per heavy atom. The summed E-state index contributed by atoms with van der Waals surface area (Å²) >= 11 is 0. The third-order valence-electron chi connectivity index (χ3n) is 3.07. The zero-order chi connectivity index (χ0) is 11.6. The summed E-state index contributed by atoms with van der Waals surface area (Å²) in [6.07, 6.45) is 2.51. The Bertz CT molecular complexity index is 400. The van der Waals surface area contributed by atoms with Gasteiger partial charge in [-0.05, 0) is 37.0 Å². The highest BCUT2D eigenvalue weighted by Crippen LogP contribution is 2.30. The van der Waals surface area contributed by atoms with Crippen LogP contribution in [0.5, 0.6) is 0 Å². The van der Waals surface area contributed by atoms with Gasteiger partial charge in [-0.1, -0.05) is 12.1 Å². The topological polar surface area (TPSA) is 75.4 Å². The van der Waals surface area contributed by atoms with Gasteiger partial charge in [0.25, 0.3) is 0 Å². The fraction of sp³-hybridized carbons (Fsp3) is 0.417. The first-order chi connectivity index (χ1) is 7.64. The average molecular weight is 220 g/mol. The summed E-state index contributed by atoms with van der Waals surface area (Å²) in [5.41, 5.74) is 6.68. The van der Waals surface area contributed by atoms with Crippen LogP contribution in [-0.2, 0) is 11.4 Å². The Labute approximate surface area is 94.5 Å². The number of carbonyl (C=O) groups is 1. The van der Waals surface area contributed by atoms with E-state index in [9.17, 15) is 4.79 Å². The Hall–Kier alpha value is -1.39. The van der Waals surface area contributed by atoms with Crippen LogP contribution in [0.4, 0.5) is 5.69 Å². The van der Waals surface area contributed by atoms with Crippen molar-refractivity contribution in [1.82, 2.24) is 0 Å². The van der Waals surface area contributed by atoms with Crippen LogP contribution < -0.4 is 11.1 Å². The minimum absolute atomic E-state index is 0.0303. The third-order valence-corrected chi connectivity index (χ3v) is 3.07. The first-order valence-electron chi connectivity index (χ1n) is 5.44. The Morgan fingerprint density at radius 2 is 2.25 bits per heavy atom. The van der Waals surface area contributed by atoms with E-state index in [1.54, 1.807) is 24.3 Å². The molecule has 0 aromatic heterocycles. The van der Waals surface area contributed by atoms with Crippen LogP contribution in [0.1, 0.15) is 24.8 Å². The molecule has 1 saturated carbocycles. The summed E-state index contributed by atoms with van der Waals surface area (Å²) in [7, 11) is 0. The molecule has 4 nitrogen and oxygen atoms in total. The summed E-state index contributed by atoms with van der Waals surface area (Å²) < 4.78 is 0. The predicted octanol–water partition coefficient (Wildman–Crippen LogP) is 0.999. The van der Waals surface area contributed by atoms with Crippen molar-refractivity contribution in [3.63, 3.8) is 0 Å². The standard InChI is InChI=1S/C12H16N2O2/c13-12(5-2-6-12)11(16)14-10-4-1-3-9(7-10)8-15/h1,3-4,7,15H,2,5-6,8,13H2,(H,14,16). The van der Waals surface area contributed by atoms with Gasteiger partial charge < -0.3 is 16.2 Å². The highest BCUT2D eigenvalue weighted by atomic mass is 16.3. The molecule has 2 rings (SSSR count). The van der Waals surface area contributed by atoms with Crippen LogP contribution in [0.2, 0.25) is 0 Å². The number of amides is 1. The lowest BCUT2D eigenvalue weighted by Crippen LogP contribution is -2.56. The van der Waals surface area contributed by atoms with Crippen LogP contribution in [0, 0.1) is 0 Å². The molecule has 4 heteroatoms. The Kier molecular flexibility index (Phi) is 2.94. The van der Waals surface area contributed by atoms with Gasteiger partial charge >= 0.3 is 0 Å². The number of aliphatic hydroxyl groups excluding tert-OH is 1. The molecule has 0 heterocycles. The van der Waals surface area contributed by atoms with E-state index in [4.69, 9.17) is 10.8 Å². The summed E-state index contributed by atoms with van der Waals surface area (Å²) in [5, 5.41) is 11.8. The van der Waals surface area contributed by atoms with Gasteiger partial charge in [0.1, 0.15) is 0 Å². The first kappa shape index (κ1) is 11.1. The third kappa shape index (κ3) is 2.08. The number of carbonyl (C=O) groups excluding carboxylic acids is 1. The molecule has 0 aliphatic heterocycles. The van der Waals surface area contributed by atoms with Crippen molar-refractivity contribution >= 4 is 11.6 Å². The van der Waals surface area contributed by atoms with E-state index in [1.165, 1.54) is 0 Å². The van der Waals surface area contributed by atoms with Gasteiger partial charge in [-0.25, -0.2) is 0 Å². The van der Waals surface area contributed by atoms with Gasteiger partial charge in [-0.2, -0.15) is 0 Å². The second-order valence-corrected chi connectivity index (χ2v) is 4.32. The van der Waals surface area contributed by atoms with Crippen molar-refractivity contribution in [2.75, 3.05) is 5.32 Å². The molecule has 1 aromatic rings. The Morgan fingerprint density at radius 1 is 1.50 bits per heavy atom. The molecule has 0 bridgehead atoms. The molecule has 1 aliphatic rings. The van der Waals surface area contributed by atoms with Crippen LogP contribution in [0.3, 0.4) is 0 Å². The SMILES string of the molecule is NC1(C(=O)Nc2cccc(CO)c2)CCC1. The number of anilines is 1. The van der Waals surface area contributed by atoms with E-state index in [-0.39, 0.29) is 12.5 Å². The molecular weight excluding hydrogens is 204 g/mol. The number of rotatable bonds is 3. The molecule has 0 spiro atoms. The number of aliphatic hydroxyl groups is 1. The highest BCUT2D eigenvalue weighted by molar-refractivity contribution is 5.98. The maximum absolute atomic E-state index is 11.8. The molecule has 0 radical (unpaired) electrons. The van der Waals surface area contributed by atoms with Gasteiger partial charge in [-0.3, -0.25) is 4.79 Å². The van der Waals surface area contributed by atoms with Gasteiger partial charge in [0.2, 0.25) is 5.91 Å². The molecule has 1 aliphatic carbocycles. The van der Waals surface area contributed by atoms with Gasteiger partial charge in [0, 0.05) is 5.69 Å². The zero-order valence-electron chi connectivity index (χ0n) is 9.07. The Balaban J connectivity index is 2.05. The van der Waals surface area contributed by atoms with Crippen LogP contribution in [0.15, 0.2) is 24.3 Å². The molecule has 1 amide bonds. The number of nitrogens with one attached hydrogen (secondary N) is 1. The summed E-state index contributed by atoms with van der Waals surface area (Å²) in [6, 6.07) is 7.14. The maximum atomic E-state index is 11.8. The lowest BCUT2D eigenvalue weighted by Gasteiger charge is -2.36. The molecule has 86 valence electrons. The quantitative estimate of drug-likeness (QED) is 0.711. The largest absolute Gasteiger partial charge is 0.392 e. The molecule has 4 N–H and O–H groups in total. The molecule has 0 atom stereocenters. The fourth-order valence-corrected chi connectivity index (χ4v) is 1.79. The van der Waals surface area contributed by atoms with Crippen LogP contribution in [-0.4, -0.2) is 16.6 Å². The smallest absolute Gasteiger partial charge is 0.244 e. The van der Waals surface area contributed by atoms with Crippen molar-refractivity contribution in [1.29, 1.82) is 0 Å². The molecule has 1 fully saturated rings. The first-order valence-corrected chi connectivity index (χ1v) is 5.44. The van der Waals surface area contributed by atoms with Crippen LogP contribution in [0.25, 0.3) is 0 Å². The summed E-state index contributed by atoms with van der Waals surface area (Å²) in [6.45, 7) is -0.0303. The molecule has 0 unspecified atom stereocenters. The van der Waals surface area contributed by atoms with Crippen molar-refractivity contribution in [3.8, 4) is 0 Å². The van der Waals surface area contributed by atoms with Crippen molar-refractivity contribution in [2.45, 2.75) is 31.4 Å². The number of nitrogens with two attached hydrogens (primary N) is 1. The van der Waals surface area contributed by atoms with Gasteiger partial charge in [0.05, 0.1) is 12.1 Å². The van der Waals surface area contributed by atoms with Gasteiger partial charge in [-0.15, -0.1) is 0 Å². The molecule has 0 saturated heterocycles.